The van der Waals surface area contributed by atoms with E-state index in [1.165, 1.54) is 0 Å². The summed E-state index contributed by atoms with van der Waals surface area (Å²) in [4.78, 5) is 23.8. The van der Waals surface area contributed by atoms with Crippen molar-refractivity contribution in [2.24, 2.45) is 0 Å². The zero-order valence-corrected chi connectivity index (χ0v) is 15.0. The molecule has 0 aliphatic rings. The van der Waals surface area contributed by atoms with E-state index >= 15 is 0 Å². The monoisotopic (exact) mass is 335 g/mol. The van der Waals surface area contributed by atoms with Crippen LogP contribution in [0, 0.1) is 0 Å². The van der Waals surface area contributed by atoms with Gasteiger partial charge in [-0.05, 0) is 57.6 Å². The Morgan fingerprint density at radius 1 is 1.22 bits per heavy atom. The number of hydrogen-bond donors (Lipinski definition) is 3. The van der Waals surface area contributed by atoms with E-state index in [0.29, 0.717) is 17.7 Å². The lowest BCUT2D eigenvalue weighted by Gasteiger charge is -2.20. The normalized spacial score (nSPS) is 10.8. The van der Waals surface area contributed by atoms with Crippen molar-refractivity contribution in [1.82, 2.24) is 10.6 Å². The standard InChI is InChI=1S/C17H25N3O2S/c1-5-6-10-14(21)19-16(23)18-13-9-7-8-12(11-13)15(22)20-17(2,3)4/h7-9,11H,5-6,10H2,1-4H3,(H,20,22)(H2,18,19,21,23). The predicted molar refractivity (Wildman–Crippen MR) is 97.5 cm³/mol. The van der Waals surface area contributed by atoms with Crippen LogP contribution in [0.25, 0.3) is 0 Å². The molecule has 0 spiro atoms. The molecular weight excluding hydrogens is 310 g/mol. The minimum atomic E-state index is -0.303. The van der Waals surface area contributed by atoms with Gasteiger partial charge in [0.25, 0.3) is 5.91 Å². The lowest BCUT2D eigenvalue weighted by Crippen LogP contribution is -2.40. The molecule has 3 N–H and O–H groups in total. The fraction of sp³-hybridized carbons (Fsp3) is 0.471. The summed E-state index contributed by atoms with van der Waals surface area (Å²) in [5.41, 5.74) is 0.890. The number of benzene rings is 1. The van der Waals surface area contributed by atoms with Crippen LogP contribution < -0.4 is 16.0 Å². The number of rotatable bonds is 5. The first-order chi connectivity index (χ1) is 10.7. The van der Waals surface area contributed by atoms with E-state index in [0.717, 1.165) is 12.8 Å². The van der Waals surface area contributed by atoms with Gasteiger partial charge in [0.05, 0.1) is 0 Å². The first-order valence-electron chi connectivity index (χ1n) is 7.74. The van der Waals surface area contributed by atoms with Crippen LogP contribution in [-0.4, -0.2) is 22.5 Å². The van der Waals surface area contributed by atoms with Crippen molar-refractivity contribution in [1.29, 1.82) is 0 Å². The van der Waals surface area contributed by atoms with Crippen molar-refractivity contribution >= 4 is 34.8 Å². The molecule has 0 heterocycles. The highest BCUT2D eigenvalue weighted by molar-refractivity contribution is 7.80. The van der Waals surface area contributed by atoms with Gasteiger partial charge in [-0.3, -0.25) is 9.59 Å². The third-order valence-corrected chi connectivity index (χ3v) is 3.09. The Kier molecular flexibility index (Phi) is 7.16. The lowest BCUT2D eigenvalue weighted by molar-refractivity contribution is -0.119. The molecule has 0 saturated carbocycles. The van der Waals surface area contributed by atoms with Crippen molar-refractivity contribution in [3.63, 3.8) is 0 Å². The number of hydrogen-bond acceptors (Lipinski definition) is 3. The smallest absolute Gasteiger partial charge is 0.251 e. The SMILES string of the molecule is CCCCC(=O)NC(=S)Nc1cccc(C(=O)NC(C)(C)C)c1. The Labute approximate surface area is 143 Å². The second-order valence-electron chi connectivity index (χ2n) is 6.39. The Hall–Kier alpha value is -1.95. The summed E-state index contributed by atoms with van der Waals surface area (Å²) in [5, 5.41) is 8.70. The highest BCUT2D eigenvalue weighted by atomic mass is 32.1. The molecule has 0 radical (unpaired) electrons. The fourth-order valence-corrected chi connectivity index (χ4v) is 2.07. The van der Waals surface area contributed by atoms with Crippen molar-refractivity contribution in [3.05, 3.63) is 29.8 Å². The van der Waals surface area contributed by atoms with Gasteiger partial charge < -0.3 is 16.0 Å². The number of amides is 2. The van der Waals surface area contributed by atoms with E-state index in [2.05, 4.69) is 16.0 Å². The van der Waals surface area contributed by atoms with Gasteiger partial charge in [-0.15, -0.1) is 0 Å². The molecule has 5 nitrogen and oxygen atoms in total. The predicted octanol–water partition coefficient (Wildman–Crippen LogP) is 3.22. The molecule has 0 aliphatic carbocycles. The summed E-state index contributed by atoms with van der Waals surface area (Å²) in [7, 11) is 0. The molecule has 0 saturated heterocycles. The largest absolute Gasteiger partial charge is 0.347 e. The molecule has 6 heteroatoms. The van der Waals surface area contributed by atoms with Crippen LogP contribution in [0.2, 0.25) is 0 Å². The van der Waals surface area contributed by atoms with Crippen LogP contribution >= 0.6 is 12.2 Å². The Bertz CT molecular complexity index is 579. The summed E-state index contributed by atoms with van der Waals surface area (Å²) in [6.07, 6.45) is 2.24. The van der Waals surface area contributed by atoms with Crippen LogP contribution in [0.4, 0.5) is 5.69 Å². The number of thiocarbonyl (C=S) groups is 1. The maximum Gasteiger partial charge on any atom is 0.251 e. The molecule has 1 aromatic rings. The summed E-state index contributed by atoms with van der Waals surface area (Å²) >= 11 is 5.12. The van der Waals surface area contributed by atoms with Crippen molar-refractivity contribution in [2.75, 3.05) is 5.32 Å². The van der Waals surface area contributed by atoms with Gasteiger partial charge in [0.15, 0.2) is 5.11 Å². The second kappa shape index (κ2) is 8.62. The van der Waals surface area contributed by atoms with Crippen molar-refractivity contribution in [2.45, 2.75) is 52.5 Å². The molecule has 2 amide bonds. The maximum absolute atomic E-state index is 12.2. The Morgan fingerprint density at radius 3 is 2.52 bits per heavy atom. The average molecular weight is 335 g/mol. The molecule has 0 aliphatic heterocycles. The molecule has 0 fully saturated rings. The van der Waals surface area contributed by atoms with E-state index in [9.17, 15) is 9.59 Å². The number of unbranched alkanes of at least 4 members (excludes halogenated alkanes) is 1. The summed E-state index contributed by atoms with van der Waals surface area (Å²) in [6.45, 7) is 7.80. The highest BCUT2D eigenvalue weighted by Gasteiger charge is 2.15. The first-order valence-corrected chi connectivity index (χ1v) is 8.15. The van der Waals surface area contributed by atoms with Gasteiger partial charge in [0.1, 0.15) is 0 Å². The molecule has 1 aromatic carbocycles. The van der Waals surface area contributed by atoms with Crippen LogP contribution in [0.15, 0.2) is 24.3 Å². The zero-order valence-electron chi connectivity index (χ0n) is 14.2. The minimum Gasteiger partial charge on any atom is -0.347 e. The van der Waals surface area contributed by atoms with Gasteiger partial charge in [-0.1, -0.05) is 19.4 Å². The summed E-state index contributed by atoms with van der Waals surface area (Å²) < 4.78 is 0. The van der Waals surface area contributed by atoms with Gasteiger partial charge in [-0.25, -0.2) is 0 Å². The number of nitrogens with one attached hydrogen (secondary N) is 3. The average Bonchev–Trinajstić information content (AvgIpc) is 2.43. The molecule has 0 atom stereocenters. The van der Waals surface area contributed by atoms with E-state index in [4.69, 9.17) is 12.2 Å². The molecule has 1 rings (SSSR count). The van der Waals surface area contributed by atoms with E-state index in [1.807, 2.05) is 27.7 Å². The molecular formula is C17H25N3O2S. The summed E-state index contributed by atoms with van der Waals surface area (Å²) in [5.74, 6) is -0.259. The highest BCUT2D eigenvalue weighted by Crippen LogP contribution is 2.12. The fourth-order valence-electron chi connectivity index (χ4n) is 1.84. The third kappa shape index (κ3) is 7.74. The number of carbonyl (C=O) groups is 2. The van der Waals surface area contributed by atoms with Crippen molar-refractivity contribution in [3.8, 4) is 0 Å². The van der Waals surface area contributed by atoms with Gasteiger partial charge >= 0.3 is 0 Å². The first kappa shape index (κ1) is 19.1. The topological polar surface area (TPSA) is 70.2 Å². The van der Waals surface area contributed by atoms with Crippen LogP contribution in [0.5, 0.6) is 0 Å². The number of anilines is 1. The maximum atomic E-state index is 12.2. The van der Waals surface area contributed by atoms with E-state index in [-0.39, 0.29) is 22.5 Å². The van der Waals surface area contributed by atoms with Crippen LogP contribution in [0.3, 0.4) is 0 Å². The molecule has 0 aromatic heterocycles. The molecule has 23 heavy (non-hydrogen) atoms. The minimum absolute atomic E-state index is 0.106. The lowest BCUT2D eigenvalue weighted by atomic mass is 10.1. The van der Waals surface area contributed by atoms with Gasteiger partial charge in [-0.2, -0.15) is 0 Å². The van der Waals surface area contributed by atoms with E-state index in [1.54, 1.807) is 24.3 Å². The number of carbonyl (C=O) groups excluding carboxylic acids is 2. The van der Waals surface area contributed by atoms with Crippen LogP contribution in [0.1, 0.15) is 57.3 Å². The second-order valence-corrected chi connectivity index (χ2v) is 6.80. The molecule has 126 valence electrons. The molecule has 0 unspecified atom stereocenters. The molecule has 0 bridgehead atoms. The summed E-state index contributed by atoms with van der Waals surface area (Å²) in [6, 6.07) is 6.99. The Balaban J connectivity index is 2.65. The van der Waals surface area contributed by atoms with Crippen molar-refractivity contribution < 1.29 is 9.59 Å². The third-order valence-electron chi connectivity index (χ3n) is 2.88. The van der Waals surface area contributed by atoms with Crippen LogP contribution in [-0.2, 0) is 4.79 Å². The van der Waals surface area contributed by atoms with Gasteiger partial charge in [0, 0.05) is 23.2 Å². The van der Waals surface area contributed by atoms with Gasteiger partial charge in [0.2, 0.25) is 5.91 Å². The quantitative estimate of drug-likeness (QED) is 0.723. The van der Waals surface area contributed by atoms with E-state index < -0.39 is 0 Å². The zero-order chi connectivity index (χ0) is 17.5. The Morgan fingerprint density at radius 2 is 1.91 bits per heavy atom.